The molecule has 4 nitrogen and oxygen atoms in total. The van der Waals surface area contributed by atoms with Crippen molar-refractivity contribution in [2.24, 2.45) is 0 Å². The fraction of sp³-hybridized carbons (Fsp3) is 0. The molecule has 62 valence electrons. The first-order valence-corrected chi connectivity index (χ1v) is 9.86. The van der Waals surface area contributed by atoms with Crippen LogP contribution in [-0.2, 0) is 35.1 Å². The second-order valence-corrected chi connectivity index (χ2v) is 7.82. The van der Waals surface area contributed by atoms with Gasteiger partial charge in [0.25, 0.3) is 0 Å². The first-order chi connectivity index (χ1) is 5.55. The third-order valence-electron chi connectivity index (χ3n) is 1.42. The van der Waals surface area contributed by atoms with Gasteiger partial charge in [-0.1, -0.05) is 0 Å². The molecule has 0 aliphatic rings. The Kier molecular flexibility index (Phi) is 3.22. The van der Waals surface area contributed by atoms with Crippen LogP contribution in [0.5, 0.6) is 0 Å². The average molecular weight is 375 g/mol. The summed E-state index contributed by atoms with van der Waals surface area (Å²) in [6.45, 7) is 0. The van der Waals surface area contributed by atoms with Crippen molar-refractivity contribution in [1.82, 2.24) is 0 Å². The van der Waals surface area contributed by atoms with Crippen molar-refractivity contribution in [2.45, 2.75) is 4.90 Å². The standard InChI is InChI=1S/C6H5O3S.Hg.H2O/c7-10(8,9)6-4-2-1-3-5-6;;/h1-4H,(H,7,8,9);;1H2/q;+1;/p-1. The molecule has 0 saturated carbocycles. The number of benzene rings is 1. The zero-order valence-corrected chi connectivity index (χ0v) is 12.4. The van der Waals surface area contributed by atoms with E-state index < -0.39 is 35.1 Å². The minimum absolute atomic E-state index is 0.144. The van der Waals surface area contributed by atoms with E-state index in [-0.39, 0.29) is 4.90 Å². The van der Waals surface area contributed by atoms with Crippen molar-refractivity contribution in [3.05, 3.63) is 24.3 Å². The van der Waals surface area contributed by atoms with E-state index in [4.69, 9.17) is 7.57 Å². The second kappa shape index (κ2) is 3.82. The molecule has 0 spiro atoms. The van der Waals surface area contributed by atoms with Crippen LogP contribution in [0, 0.1) is 0 Å². The summed E-state index contributed by atoms with van der Waals surface area (Å²) in [6, 6.07) is 5.97. The molecule has 1 rings (SSSR count). The molecule has 0 atom stereocenters. The third kappa shape index (κ3) is 2.26. The molecule has 0 bridgehead atoms. The molecule has 0 radical (unpaired) electrons. The predicted octanol–water partition coefficient (Wildman–Crippen LogP) is -0.452. The topological polar surface area (TPSA) is 74.6 Å². The molecular weight excluding hydrogens is 369 g/mol. The summed E-state index contributed by atoms with van der Waals surface area (Å²) in [5.41, 5.74) is 0. The van der Waals surface area contributed by atoms with E-state index in [0.29, 0.717) is 3.07 Å². The van der Waals surface area contributed by atoms with E-state index in [9.17, 15) is 8.42 Å². The van der Waals surface area contributed by atoms with Crippen molar-refractivity contribution in [2.75, 3.05) is 0 Å². The fourth-order valence-electron chi connectivity index (χ4n) is 0.886. The molecule has 12 heavy (non-hydrogen) atoms. The summed E-state index contributed by atoms with van der Waals surface area (Å²) in [5, 5.41) is 0. The van der Waals surface area contributed by atoms with E-state index in [1.165, 1.54) is 18.2 Å². The maximum atomic E-state index is 10.7. The number of rotatable bonds is 2. The van der Waals surface area contributed by atoms with Crippen LogP contribution < -0.4 is 3.07 Å². The molecule has 0 unspecified atom stereocenters. The Balaban J connectivity index is 3.33. The quantitative estimate of drug-likeness (QED) is 0.543. The summed E-state index contributed by atoms with van der Waals surface area (Å²) in [4.78, 5) is -0.144. The van der Waals surface area contributed by atoms with Gasteiger partial charge in [-0.15, -0.1) is 0 Å². The Hall–Kier alpha value is 0.0251. The molecule has 1 aromatic rings. The molecule has 2 N–H and O–H groups in total. The monoisotopic (exact) mass is 376 g/mol. The minimum atomic E-state index is -4.15. The van der Waals surface area contributed by atoms with Gasteiger partial charge in [0.15, 0.2) is 0 Å². The SMILES string of the molecule is O=S(=O)(O)c1cccc[c]1[Hg][OH]. The van der Waals surface area contributed by atoms with Crippen LogP contribution in [0.25, 0.3) is 0 Å². The zero-order valence-electron chi connectivity index (χ0n) is 6.14. The molecule has 6 heteroatoms. The second-order valence-electron chi connectivity index (χ2n) is 2.24. The Bertz CT molecular complexity index is 373. The Morgan fingerprint density at radius 2 is 1.83 bits per heavy atom. The normalized spacial score (nSPS) is 10.8. The molecule has 0 fully saturated rings. The van der Waals surface area contributed by atoms with Gasteiger partial charge in [0.1, 0.15) is 0 Å². The van der Waals surface area contributed by atoms with Crippen molar-refractivity contribution >= 4 is 13.2 Å². The first kappa shape index (κ1) is 10.1. The van der Waals surface area contributed by atoms with Crippen LogP contribution in [0.4, 0.5) is 0 Å². The molecular formula is C6H6HgO4S. The molecule has 0 aliphatic carbocycles. The van der Waals surface area contributed by atoms with Gasteiger partial charge in [-0.25, -0.2) is 0 Å². The van der Waals surface area contributed by atoms with E-state index >= 15 is 0 Å². The van der Waals surface area contributed by atoms with Crippen molar-refractivity contribution < 1.29 is 41.0 Å². The molecule has 0 aliphatic heterocycles. The van der Waals surface area contributed by atoms with E-state index in [0.717, 1.165) is 0 Å². The Morgan fingerprint density at radius 1 is 1.25 bits per heavy atom. The van der Waals surface area contributed by atoms with E-state index in [2.05, 4.69) is 0 Å². The number of hydrogen-bond acceptors (Lipinski definition) is 3. The molecule has 1 aromatic carbocycles. The fourth-order valence-corrected chi connectivity index (χ4v) is 6.23. The first-order valence-electron chi connectivity index (χ1n) is 3.22. The van der Waals surface area contributed by atoms with E-state index in [1.807, 2.05) is 0 Å². The van der Waals surface area contributed by atoms with Gasteiger partial charge < -0.3 is 0 Å². The van der Waals surface area contributed by atoms with Gasteiger partial charge >= 0.3 is 83.4 Å². The summed E-state index contributed by atoms with van der Waals surface area (Å²) < 4.78 is 39.4. The van der Waals surface area contributed by atoms with Crippen LogP contribution in [0.2, 0.25) is 0 Å². The van der Waals surface area contributed by atoms with Crippen molar-refractivity contribution in [3.63, 3.8) is 0 Å². The van der Waals surface area contributed by atoms with Gasteiger partial charge in [-0.2, -0.15) is 0 Å². The predicted molar refractivity (Wildman–Crippen MR) is 38.1 cm³/mol. The van der Waals surface area contributed by atoms with Gasteiger partial charge in [-0.05, 0) is 0 Å². The van der Waals surface area contributed by atoms with Crippen LogP contribution >= 0.6 is 0 Å². The van der Waals surface area contributed by atoms with Crippen LogP contribution in [0.15, 0.2) is 29.2 Å². The third-order valence-corrected chi connectivity index (χ3v) is 7.09. The maximum absolute atomic E-state index is 10.7. The molecule has 0 amide bonds. The average Bonchev–Trinajstić information content (AvgIpc) is 2.03. The van der Waals surface area contributed by atoms with Crippen LogP contribution in [-0.4, -0.2) is 16.0 Å². The number of hydrogen-bond donors (Lipinski definition) is 2. The molecule has 0 aromatic heterocycles. The molecule has 0 saturated heterocycles. The van der Waals surface area contributed by atoms with Gasteiger partial charge in [0.2, 0.25) is 0 Å². The van der Waals surface area contributed by atoms with Crippen LogP contribution in [0.1, 0.15) is 0 Å². The van der Waals surface area contributed by atoms with Gasteiger partial charge in [-0.3, -0.25) is 0 Å². The summed E-state index contributed by atoms with van der Waals surface area (Å²) in [5.74, 6) is 0. The van der Waals surface area contributed by atoms with Crippen LogP contribution in [0.3, 0.4) is 0 Å². The molecule has 0 heterocycles. The zero-order chi connectivity index (χ0) is 9.19. The van der Waals surface area contributed by atoms with Gasteiger partial charge in [0.05, 0.1) is 0 Å². The summed E-state index contributed by atoms with van der Waals surface area (Å²) >= 11 is -2.25. The summed E-state index contributed by atoms with van der Waals surface area (Å²) in [7, 11) is -4.15. The van der Waals surface area contributed by atoms with Crippen molar-refractivity contribution in [3.8, 4) is 0 Å². The Morgan fingerprint density at radius 3 is 2.25 bits per heavy atom. The van der Waals surface area contributed by atoms with Crippen molar-refractivity contribution in [1.29, 1.82) is 0 Å². The summed E-state index contributed by atoms with van der Waals surface area (Å²) in [6.07, 6.45) is 0. The van der Waals surface area contributed by atoms with Gasteiger partial charge in [0, 0.05) is 0 Å². The Labute approximate surface area is 83.1 Å². The van der Waals surface area contributed by atoms with E-state index in [1.54, 1.807) is 6.07 Å².